The van der Waals surface area contributed by atoms with Gasteiger partial charge >= 0.3 is 5.97 Å². The van der Waals surface area contributed by atoms with E-state index >= 15 is 0 Å². The van der Waals surface area contributed by atoms with Crippen LogP contribution in [0, 0.1) is 5.92 Å². The van der Waals surface area contributed by atoms with Crippen molar-refractivity contribution in [2.45, 2.75) is 31.9 Å². The molecule has 1 aliphatic carbocycles. The average Bonchev–Trinajstić information content (AvgIpc) is 3.65. The molecule has 0 saturated heterocycles. The molecule has 8 nitrogen and oxygen atoms in total. The normalized spacial score (nSPS) is 14.8. The molecule has 0 amide bonds. The number of benzene rings is 2. The number of nitrogens with two attached hydrogens (primary N) is 1. The van der Waals surface area contributed by atoms with Crippen LogP contribution >= 0.6 is 22.9 Å². The van der Waals surface area contributed by atoms with E-state index in [-0.39, 0.29) is 24.2 Å². The molecule has 0 bridgehead atoms. The fraction of sp³-hybridized carbons (Fsp3) is 0.296. The molecule has 0 spiro atoms. The summed E-state index contributed by atoms with van der Waals surface area (Å²) < 4.78 is 19.1. The highest BCUT2D eigenvalue weighted by Gasteiger charge is 2.35. The SMILES string of the molecule is COc1cc(-n2cnc3cc(-c4ccc(Cl)cc4)sc3c2=O)ccc1OC[C@H](OC(=O)C(C)N)C1CC1. The van der Waals surface area contributed by atoms with Gasteiger partial charge in [-0.15, -0.1) is 11.3 Å². The highest BCUT2D eigenvalue weighted by Crippen LogP contribution is 2.36. The Hall–Kier alpha value is -3.40. The van der Waals surface area contributed by atoms with E-state index in [1.165, 1.54) is 29.3 Å². The van der Waals surface area contributed by atoms with Gasteiger partial charge in [0.1, 0.15) is 29.8 Å². The number of hydrogen-bond donors (Lipinski definition) is 1. The molecule has 1 fully saturated rings. The number of carbonyl (C=O) groups excluding carboxylic acids is 1. The van der Waals surface area contributed by atoms with Gasteiger partial charge in [-0.1, -0.05) is 23.7 Å². The molecule has 2 heterocycles. The Labute approximate surface area is 222 Å². The summed E-state index contributed by atoms with van der Waals surface area (Å²) >= 11 is 7.39. The molecule has 2 N–H and O–H groups in total. The molecule has 1 saturated carbocycles. The third-order valence-electron chi connectivity index (χ3n) is 6.18. The van der Waals surface area contributed by atoms with Gasteiger partial charge in [0.15, 0.2) is 11.5 Å². The molecule has 2 aromatic heterocycles. The Balaban J connectivity index is 1.39. The lowest BCUT2D eigenvalue weighted by Crippen LogP contribution is -2.35. The van der Waals surface area contributed by atoms with Gasteiger partial charge in [-0.2, -0.15) is 0 Å². The average molecular weight is 540 g/mol. The van der Waals surface area contributed by atoms with Crippen molar-refractivity contribution in [3.63, 3.8) is 0 Å². The molecule has 1 unspecified atom stereocenters. The number of fused-ring (bicyclic) bond motifs is 1. The number of halogens is 1. The van der Waals surface area contributed by atoms with Crippen molar-refractivity contribution in [2.75, 3.05) is 13.7 Å². The number of carbonyl (C=O) groups is 1. The molecule has 37 heavy (non-hydrogen) atoms. The van der Waals surface area contributed by atoms with Crippen molar-refractivity contribution < 1.29 is 19.0 Å². The summed E-state index contributed by atoms with van der Waals surface area (Å²) in [6, 6.07) is 13.9. The number of ether oxygens (including phenoxy) is 3. The van der Waals surface area contributed by atoms with Gasteiger partial charge < -0.3 is 19.9 Å². The number of aromatic nitrogens is 2. The van der Waals surface area contributed by atoms with Gasteiger partial charge in [0, 0.05) is 16.0 Å². The lowest BCUT2D eigenvalue weighted by molar-refractivity contribution is -0.153. The molecule has 0 aliphatic heterocycles. The third-order valence-corrected chi connectivity index (χ3v) is 7.60. The molecular formula is C27H26ClN3O5S. The van der Waals surface area contributed by atoms with Crippen molar-refractivity contribution in [3.05, 3.63) is 70.2 Å². The van der Waals surface area contributed by atoms with Crippen LogP contribution in [0.5, 0.6) is 11.5 Å². The van der Waals surface area contributed by atoms with E-state index < -0.39 is 12.0 Å². The Morgan fingerprint density at radius 3 is 2.62 bits per heavy atom. The van der Waals surface area contributed by atoms with Crippen LogP contribution in [0.2, 0.25) is 5.02 Å². The van der Waals surface area contributed by atoms with Crippen LogP contribution in [0.4, 0.5) is 0 Å². The minimum absolute atomic E-state index is 0.178. The summed E-state index contributed by atoms with van der Waals surface area (Å²) in [5.74, 6) is 0.758. The van der Waals surface area contributed by atoms with Gasteiger partial charge in [-0.3, -0.25) is 14.2 Å². The van der Waals surface area contributed by atoms with Crippen LogP contribution < -0.4 is 20.8 Å². The second-order valence-corrected chi connectivity index (χ2v) is 10.5. The van der Waals surface area contributed by atoms with Gasteiger partial charge in [0.2, 0.25) is 0 Å². The fourth-order valence-corrected chi connectivity index (χ4v) is 5.11. The van der Waals surface area contributed by atoms with Crippen molar-refractivity contribution in [3.8, 4) is 27.6 Å². The topological polar surface area (TPSA) is 106 Å². The summed E-state index contributed by atoms with van der Waals surface area (Å²) in [7, 11) is 1.53. The number of thiophene rings is 1. The number of rotatable bonds is 9. The summed E-state index contributed by atoms with van der Waals surface area (Å²) in [5, 5.41) is 0.654. The van der Waals surface area contributed by atoms with Crippen molar-refractivity contribution >= 4 is 39.1 Å². The van der Waals surface area contributed by atoms with Crippen LogP contribution in [-0.2, 0) is 9.53 Å². The van der Waals surface area contributed by atoms with E-state index in [2.05, 4.69) is 4.98 Å². The highest BCUT2D eigenvalue weighted by atomic mass is 35.5. The van der Waals surface area contributed by atoms with E-state index in [1.807, 2.05) is 30.3 Å². The maximum atomic E-state index is 13.3. The lowest BCUT2D eigenvalue weighted by Gasteiger charge is -2.20. The highest BCUT2D eigenvalue weighted by molar-refractivity contribution is 7.22. The Bertz CT molecular complexity index is 1490. The first kappa shape index (κ1) is 25.3. The van der Waals surface area contributed by atoms with Crippen LogP contribution in [0.1, 0.15) is 19.8 Å². The van der Waals surface area contributed by atoms with Gasteiger partial charge in [0.05, 0.1) is 18.3 Å². The predicted octanol–water partition coefficient (Wildman–Crippen LogP) is 4.82. The van der Waals surface area contributed by atoms with Crippen LogP contribution in [0.15, 0.2) is 59.7 Å². The number of methoxy groups -OCH3 is 1. The van der Waals surface area contributed by atoms with Crippen LogP contribution in [0.25, 0.3) is 26.3 Å². The minimum atomic E-state index is -0.690. The predicted molar refractivity (Wildman–Crippen MR) is 144 cm³/mol. The lowest BCUT2D eigenvalue weighted by atomic mass is 10.2. The summed E-state index contributed by atoms with van der Waals surface area (Å²) in [6.45, 7) is 1.78. The summed E-state index contributed by atoms with van der Waals surface area (Å²) in [6.07, 6.45) is 3.11. The van der Waals surface area contributed by atoms with Gasteiger partial charge in [0.25, 0.3) is 5.56 Å². The minimum Gasteiger partial charge on any atom is -0.493 e. The third kappa shape index (κ3) is 5.49. The first-order chi connectivity index (χ1) is 17.8. The van der Waals surface area contributed by atoms with Gasteiger partial charge in [-0.25, -0.2) is 4.98 Å². The molecule has 4 aromatic rings. The molecule has 10 heteroatoms. The van der Waals surface area contributed by atoms with E-state index in [0.29, 0.717) is 32.4 Å². The maximum absolute atomic E-state index is 13.3. The van der Waals surface area contributed by atoms with Crippen LogP contribution in [-0.4, -0.2) is 41.4 Å². The largest absolute Gasteiger partial charge is 0.493 e. The molecule has 2 atom stereocenters. The molecule has 192 valence electrons. The van der Waals surface area contributed by atoms with Crippen LogP contribution in [0.3, 0.4) is 0 Å². The zero-order valence-corrected chi connectivity index (χ0v) is 21.9. The number of nitrogens with zero attached hydrogens (tertiary/aromatic N) is 2. The maximum Gasteiger partial charge on any atom is 0.323 e. The number of esters is 1. The zero-order chi connectivity index (χ0) is 26.1. The van der Waals surface area contributed by atoms with E-state index in [1.54, 1.807) is 25.1 Å². The monoisotopic (exact) mass is 539 g/mol. The Kier molecular flexibility index (Phi) is 7.19. The molecular weight excluding hydrogens is 514 g/mol. The first-order valence-electron chi connectivity index (χ1n) is 11.9. The Morgan fingerprint density at radius 2 is 1.95 bits per heavy atom. The van der Waals surface area contributed by atoms with Crippen molar-refractivity contribution in [1.29, 1.82) is 0 Å². The van der Waals surface area contributed by atoms with E-state index in [9.17, 15) is 9.59 Å². The molecule has 0 radical (unpaired) electrons. The molecule has 2 aromatic carbocycles. The van der Waals surface area contributed by atoms with Crippen molar-refractivity contribution in [2.24, 2.45) is 11.7 Å². The van der Waals surface area contributed by atoms with Gasteiger partial charge in [-0.05, 0) is 61.6 Å². The molecule has 1 aliphatic rings. The second-order valence-electron chi connectivity index (χ2n) is 9.00. The fourth-order valence-electron chi connectivity index (χ4n) is 3.94. The standard InChI is InChI=1S/C27H26ClN3O5S/c1-15(29)27(33)36-23(16-3-4-16)13-35-21-10-9-19(11-22(21)34-2)31-14-30-20-12-24(37-25(20)26(31)32)17-5-7-18(28)8-6-17/h5-12,14-16,23H,3-4,13,29H2,1-2H3/t15?,23-/m0/s1. The zero-order valence-electron chi connectivity index (χ0n) is 20.3. The summed E-state index contributed by atoms with van der Waals surface area (Å²) in [5.41, 5.74) is 7.66. The van der Waals surface area contributed by atoms with E-state index in [4.69, 9.17) is 31.5 Å². The molecule has 5 rings (SSSR count). The number of hydrogen-bond acceptors (Lipinski definition) is 8. The van der Waals surface area contributed by atoms with E-state index in [0.717, 1.165) is 23.3 Å². The Morgan fingerprint density at radius 1 is 1.19 bits per heavy atom. The quantitative estimate of drug-likeness (QED) is 0.304. The first-order valence-corrected chi connectivity index (χ1v) is 13.1. The second kappa shape index (κ2) is 10.5. The smallest absolute Gasteiger partial charge is 0.323 e. The van der Waals surface area contributed by atoms with Crippen molar-refractivity contribution in [1.82, 2.24) is 9.55 Å². The summed E-state index contributed by atoms with van der Waals surface area (Å²) in [4.78, 5) is 30.8.